The first-order valence-electron chi connectivity index (χ1n) is 7.80. The third kappa shape index (κ3) is 3.13. The molecule has 3 heterocycles. The van der Waals surface area contributed by atoms with E-state index in [1.807, 2.05) is 31.2 Å². The maximum Gasteiger partial charge on any atom is 0.290 e. The summed E-state index contributed by atoms with van der Waals surface area (Å²) in [4.78, 5) is 27.4. The summed E-state index contributed by atoms with van der Waals surface area (Å²) in [5.41, 5.74) is 3.30. The molecule has 1 aromatic carbocycles. The number of carbonyl (C=O) groups excluding carboxylic acids is 2. The van der Waals surface area contributed by atoms with E-state index in [9.17, 15) is 9.59 Å². The number of imide groups is 1. The Balaban J connectivity index is 1.73. The van der Waals surface area contributed by atoms with Crippen LogP contribution < -0.4 is 5.32 Å². The molecule has 1 aliphatic rings. The summed E-state index contributed by atoms with van der Waals surface area (Å²) in [6.07, 6.45) is 4.87. The van der Waals surface area contributed by atoms with Gasteiger partial charge in [-0.25, -0.2) is 0 Å². The Morgan fingerprint density at radius 3 is 2.73 bits per heavy atom. The lowest BCUT2D eigenvalue weighted by Gasteiger charge is -1.95. The van der Waals surface area contributed by atoms with Crippen LogP contribution in [0.15, 0.2) is 52.0 Å². The van der Waals surface area contributed by atoms with Crippen molar-refractivity contribution in [1.29, 1.82) is 0 Å². The van der Waals surface area contributed by atoms with Crippen molar-refractivity contribution >= 4 is 40.0 Å². The summed E-state index contributed by atoms with van der Waals surface area (Å²) in [7, 11) is 0. The van der Waals surface area contributed by atoms with E-state index in [0.717, 1.165) is 28.3 Å². The normalized spacial score (nSPS) is 15.2. The molecule has 2 amide bonds. The van der Waals surface area contributed by atoms with Crippen LogP contribution in [0.25, 0.3) is 17.0 Å². The monoisotopic (exact) mass is 360 g/mol. The zero-order valence-corrected chi connectivity index (χ0v) is 14.5. The first-order valence-corrected chi connectivity index (χ1v) is 8.62. The van der Waals surface area contributed by atoms with Crippen LogP contribution in [0.4, 0.5) is 4.79 Å². The molecular weight excluding hydrogens is 348 g/mol. The van der Waals surface area contributed by atoms with Gasteiger partial charge in [-0.3, -0.25) is 19.9 Å². The Kier molecular flexibility index (Phi) is 4.07. The molecule has 126 valence electrons. The third-order valence-corrected chi connectivity index (χ3v) is 4.64. The highest BCUT2D eigenvalue weighted by Crippen LogP contribution is 2.28. The number of aryl methyl sites for hydroxylation is 1. The zero-order valence-electron chi connectivity index (χ0n) is 13.7. The topological polar surface area (TPSA) is 72.2 Å². The molecule has 4 rings (SSSR count). The lowest BCUT2D eigenvalue weighted by molar-refractivity contribution is -0.115. The fourth-order valence-corrected chi connectivity index (χ4v) is 3.20. The van der Waals surface area contributed by atoms with Crippen LogP contribution in [-0.2, 0) is 4.79 Å². The van der Waals surface area contributed by atoms with Gasteiger partial charge in [0.2, 0.25) is 0 Å². The largest absolute Gasteiger partial charge is 0.455 e. The predicted molar refractivity (Wildman–Crippen MR) is 100 cm³/mol. The Bertz CT molecular complexity index is 1150. The number of hydrogen-bond donors (Lipinski definition) is 1. The SMILES string of the molecule is Cc1ccccc1C#Cc1cncc2cc(C=C3SC(=O)NC3=O)oc12. The van der Waals surface area contributed by atoms with Crippen molar-refractivity contribution in [3.63, 3.8) is 0 Å². The minimum absolute atomic E-state index is 0.301. The number of fused-ring (bicyclic) bond motifs is 1. The second-order valence-electron chi connectivity index (χ2n) is 5.67. The summed E-state index contributed by atoms with van der Waals surface area (Å²) >= 11 is 0.850. The van der Waals surface area contributed by atoms with E-state index in [-0.39, 0.29) is 5.24 Å². The van der Waals surface area contributed by atoms with E-state index < -0.39 is 5.91 Å². The molecule has 6 heteroatoms. The highest BCUT2D eigenvalue weighted by molar-refractivity contribution is 8.18. The first kappa shape index (κ1) is 16.2. The fraction of sp³-hybridized carbons (Fsp3) is 0.0500. The highest BCUT2D eigenvalue weighted by atomic mass is 32.2. The Hall–Kier alpha value is -3.30. The van der Waals surface area contributed by atoms with E-state index in [2.05, 4.69) is 22.1 Å². The average molecular weight is 360 g/mol. The number of aromatic nitrogens is 1. The number of rotatable bonds is 1. The molecule has 0 unspecified atom stereocenters. The number of nitrogens with one attached hydrogen (secondary N) is 1. The minimum Gasteiger partial charge on any atom is -0.455 e. The maximum atomic E-state index is 11.7. The van der Waals surface area contributed by atoms with Crippen LogP contribution in [0, 0.1) is 18.8 Å². The van der Waals surface area contributed by atoms with Crippen LogP contribution >= 0.6 is 11.8 Å². The Labute approximate surface area is 153 Å². The number of pyridine rings is 1. The summed E-state index contributed by atoms with van der Waals surface area (Å²) in [6.45, 7) is 2.01. The van der Waals surface area contributed by atoms with Crippen LogP contribution in [0.3, 0.4) is 0 Å². The smallest absolute Gasteiger partial charge is 0.290 e. The van der Waals surface area contributed by atoms with Gasteiger partial charge in [0.1, 0.15) is 5.76 Å². The molecule has 0 radical (unpaired) electrons. The van der Waals surface area contributed by atoms with E-state index in [1.54, 1.807) is 24.5 Å². The van der Waals surface area contributed by atoms with Gasteiger partial charge in [-0.15, -0.1) is 0 Å². The fourth-order valence-electron chi connectivity index (χ4n) is 2.54. The van der Waals surface area contributed by atoms with Gasteiger partial charge in [0.25, 0.3) is 11.1 Å². The lowest BCUT2D eigenvalue weighted by atomic mass is 10.1. The highest BCUT2D eigenvalue weighted by Gasteiger charge is 2.25. The molecule has 5 nitrogen and oxygen atoms in total. The number of hydrogen-bond acceptors (Lipinski definition) is 5. The van der Waals surface area contributed by atoms with E-state index in [4.69, 9.17) is 4.42 Å². The average Bonchev–Trinajstić information content (AvgIpc) is 3.17. The number of benzene rings is 1. The standard InChI is InChI=1S/C20H12N2O3S/c1-12-4-2-3-5-13(12)6-7-14-10-21-11-15-8-16(25-18(14)15)9-17-19(23)22-20(24)26-17/h2-5,8-11H,1H3,(H,22,23,24). The number of nitrogens with zero attached hydrogens (tertiary/aromatic N) is 1. The van der Waals surface area contributed by atoms with E-state index in [0.29, 0.717) is 21.8 Å². The molecule has 2 aromatic heterocycles. The quantitative estimate of drug-likeness (QED) is 0.527. The van der Waals surface area contributed by atoms with Gasteiger partial charge in [-0.2, -0.15) is 0 Å². The Morgan fingerprint density at radius 1 is 1.15 bits per heavy atom. The molecule has 0 saturated carbocycles. The number of amides is 2. The molecule has 1 saturated heterocycles. The van der Waals surface area contributed by atoms with Crippen LogP contribution in [-0.4, -0.2) is 16.1 Å². The van der Waals surface area contributed by atoms with Crippen LogP contribution in [0.5, 0.6) is 0 Å². The summed E-state index contributed by atoms with van der Waals surface area (Å²) in [6, 6.07) is 9.65. The van der Waals surface area contributed by atoms with Gasteiger partial charge in [-0.05, 0) is 36.4 Å². The molecule has 0 bridgehead atoms. The second kappa shape index (κ2) is 6.54. The number of thioether (sulfide) groups is 1. The molecule has 0 atom stereocenters. The predicted octanol–water partition coefficient (Wildman–Crippen LogP) is 3.86. The lowest BCUT2D eigenvalue weighted by Crippen LogP contribution is -2.17. The van der Waals surface area contributed by atoms with Gasteiger partial charge >= 0.3 is 0 Å². The molecule has 26 heavy (non-hydrogen) atoms. The molecule has 3 aromatic rings. The van der Waals surface area contributed by atoms with Gasteiger partial charge in [0.15, 0.2) is 5.58 Å². The third-order valence-electron chi connectivity index (χ3n) is 3.83. The van der Waals surface area contributed by atoms with E-state index in [1.165, 1.54) is 0 Å². The van der Waals surface area contributed by atoms with Gasteiger partial charge in [0, 0.05) is 29.4 Å². The van der Waals surface area contributed by atoms with Gasteiger partial charge < -0.3 is 4.42 Å². The maximum absolute atomic E-state index is 11.7. The molecule has 0 aliphatic carbocycles. The Morgan fingerprint density at radius 2 is 1.96 bits per heavy atom. The van der Waals surface area contributed by atoms with Crippen LogP contribution in [0.2, 0.25) is 0 Å². The molecule has 1 aliphatic heterocycles. The van der Waals surface area contributed by atoms with Crippen molar-refractivity contribution in [3.8, 4) is 11.8 Å². The van der Waals surface area contributed by atoms with Crippen molar-refractivity contribution in [2.45, 2.75) is 6.92 Å². The van der Waals surface area contributed by atoms with Crippen molar-refractivity contribution in [2.24, 2.45) is 0 Å². The van der Waals surface area contributed by atoms with Crippen molar-refractivity contribution in [3.05, 3.63) is 70.1 Å². The van der Waals surface area contributed by atoms with Gasteiger partial charge in [0.05, 0.1) is 10.5 Å². The second-order valence-corrected chi connectivity index (χ2v) is 6.69. The van der Waals surface area contributed by atoms with Crippen molar-refractivity contribution in [1.82, 2.24) is 10.3 Å². The minimum atomic E-state index is -0.418. The van der Waals surface area contributed by atoms with E-state index >= 15 is 0 Å². The summed E-state index contributed by atoms with van der Waals surface area (Å²) in [5.74, 6) is 6.29. The zero-order chi connectivity index (χ0) is 18.1. The van der Waals surface area contributed by atoms with Gasteiger partial charge in [-0.1, -0.05) is 30.0 Å². The first-order chi connectivity index (χ1) is 12.6. The van der Waals surface area contributed by atoms with Crippen LogP contribution in [0.1, 0.15) is 22.5 Å². The van der Waals surface area contributed by atoms with Crippen molar-refractivity contribution in [2.75, 3.05) is 0 Å². The molecular formula is C20H12N2O3S. The molecule has 1 N–H and O–H groups in total. The molecule has 0 spiro atoms. The molecule has 1 fully saturated rings. The number of furan rings is 1. The summed E-state index contributed by atoms with van der Waals surface area (Å²) < 4.78 is 5.84. The summed E-state index contributed by atoms with van der Waals surface area (Å²) in [5, 5.41) is 2.61. The number of carbonyl (C=O) groups is 2. The van der Waals surface area contributed by atoms with Crippen molar-refractivity contribution < 1.29 is 14.0 Å².